The Bertz CT molecular complexity index is 111. The SMILES string of the molecule is CCCC[N+](CC)(CCO)CCO. The number of nitrogens with zero attached hydrogens (tertiary/aromatic N) is 1. The molecular weight excluding hydrogens is 166 g/mol. The van der Waals surface area contributed by atoms with Gasteiger partial charge in [-0.05, 0) is 13.3 Å². The molecule has 0 amide bonds. The van der Waals surface area contributed by atoms with Crippen LogP contribution in [-0.4, -0.2) is 54.1 Å². The second-order valence-electron chi connectivity index (χ2n) is 3.63. The molecule has 0 atom stereocenters. The molecule has 0 fully saturated rings. The number of hydrogen-bond acceptors (Lipinski definition) is 2. The minimum atomic E-state index is 0.220. The summed E-state index contributed by atoms with van der Waals surface area (Å²) in [6.45, 7) is 8.36. The lowest BCUT2D eigenvalue weighted by atomic mass is 10.2. The molecule has 0 aliphatic carbocycles. The van der Waals surface area contributed by atoms with Crippen molar-refractivity contribution in [3.8, 4) is 0 Å². The van der Waals surface area contributed by atoms with Gasteiger partial charge in [0.05, 0.1) is 26.3 Å². The van der Waals surface area contributed by atoms with E-state index in [0.29, 0.717) is 0 Å². The van der Waals surface area contributed by atoms with Gasteiger partial charge >= 0.3 is 0 Å². The summed E-state index contributed by atoms with van der Waals surface area (Å²) >= 11 is 0. The van der Waals surface area contributed by atoms with Gasteiger partial charge in [0.25, 0.3) is 0 Å². The van der Waals surface area contributed by atoms with Crippen molar-refractivity contribution in [3.05, 3.63) is 0 Å². The molecule has 0 aliphatic rings. The summed E-state index contributed by atoms with van der Waals surface area (Å²) in [6, 6.07) is 0. The third-order valence-corrected chi connectivity index (χ3v) is 2.81. The van der Waals surface area contributed by atoms with Gasteiger partial charge in [-0.2, -0.15) is 0 Å². The lowest BCUT2D eigenvalue weighted by molar-refractivity contribution is -0.927. The minimum absolute atomic E-state index is 0.220. The van der Waals surface area contributed by atoms with E-state index in [-0.39, 0.29) is 13.2 Å². The highest BCUT2D eigenvalue weighted by Gasteiger charge is 2.22. The van der Waals surface area contributed by atoms with Crippen LogP contribution >= 0.6 is 0 Å². The van der Waals surface area contributed by atoms with Crippen molar-refractivity contribution in [1.29, 1.82) is 0 Å². The Morgan fingerprint density at radius 3 is 1.77 bits per heavy atom. The van der Waals surface area contributed by atoms with Crippen LogP contribution in [0.3, 0.4) is 0 Å². The molecule has 0 aromatic heterocycles. The summed E-state index contributed by atoms with van der Waals surface area (Å²) in [7, 11) is 0. The number of rotatable bonds is 8. The van der Waals surface area contributed by atoms with Crippen LogP contribution in [0.15, 0.2) is 0 Å². The average Bonchev–Trinajstić information content (AvgIpc) is 2.15. The first-order chi connectivity index (χ1) is 6.24. The number of aliphatic hydroxyl groups excluding tert-OH is 2. The summed E-state index contributed by atoms with van der Waals surface area (Å²) in [5.74, 6) is 0. The van der Waals surface area contributed by atoms with E-state index in [1.165, 1.54) is 12.8 Å². The molecule has 0 saturated carbocycles. The maximum Gasteiger partial charge on any atom is 0.102 e. The lowest BCUT2D eigenvalue weighted by Gasteiger charge is -2.36. The molecule has 2 N–H and O–H groups in total. The zero-order valence-corrected chi connectivity index (χ0v) is 9.00. The van der Waals surface area contributed by atoms with Gasteiger partial charge in [0, 0.05) is 0 Å². The molecule has 0 unspecified atom stereocenters. The van der Waals surface area contributed by atoms with Crippen molar-refractivity contribution in [1.82, 2.24) is 0 Å². The molecule has 3 heteroatoms. The molecule has 0 saturated heterocycles. The Morgan fingerprint density at radius 1 is 0.923 bits per heavy atom. The van der Waals surface area contributed by atoms with Gasteiger partial charge in [-0.3, -0.25) is 0 Å². The van der Waals surface area contributed by atoms with E-state index in [9.17, 15) is 0 Å². The third kappa shape index (κ3) is 4.60. The van der Waals surface area contributed by atoms with Gasteiger partial charge in [-0.25, -0.2) is 0 Å². The average molecular weight is 190 g/mol. The van der Waals surface area contributed by atoms with Gasteiger partial charge < -0.3 is 14.7 Å². The van der Waals surface area contributed by atoms with Crippen molar-refractivity contribution in [2.24, 2.45) is 0 Å². The van der Waals surface area contributed by atoms with Gasteiger partial charge in [0.2, 0.25) is 0 Å². The van der Waals surface area contributed by atoms with E-state index < -0.39 is 0 Å². The first-order valence-corrected chi connectivity index (χ1v) is 5.31. The number of unbranched alkanes of at least 4 members (excludes halogenated alkanes) is 1. The van der Waals surface area contributed by atoms with Gasteiger partial charge in [-0.1, -0.05) is 13.3 Å². The van der Waals surface area contributed by atoms with Gasteiger partial charge in [0.15, 0.2) is 0 Å². The molecule has 0 aromatic carbocycles. The molecule has 0 heterocycles. The molecular formula is C10H24NO2+. The van der Waals surface area contributed by atoms with Crippen LogP contribution in [0.1, 0.15) is 26.7 Å². The fourth-order valence-corrected chi connectivity index (χ4v) is 1.73. The van der Waals surface area contributed by atoms with Crippen molar-refractivity contribution < 1.29 is 14.7 Å². The smallest absolute Gasteiger partial charge is 0.102 e. The van der Waals surface area contributed by atoms with Crippen molar-refractivity contribution in [2.45, 2.75) is 26.7 Å². The zero-order valence-electron chi connectivity index (χ0n) is 9.00. The Hall–Kier alpha value is -0.120. The van der Waals surface area contributed by atoms with Crippen molar-refractivity contribution in [2.75, 3.05) is 39.4 Å². The molecule has 0 aliphatic heterocycles. The second-order valence-corrected chi connectivity index (χ2v) is 3.63. The largest absolute Gasteiger partial charge is 0.391 e. The second kappa shape index (κ2) is 7.30. The standard InChI is InChI=1S/C10H24NO2/c1-3-5-6-11(4-2,7-9-12)8-10-13/h12-13H,3-10H2,1-2H3/q+1. The monoisotopic (exact) mass is 190 g/mol. The van der Waals surface area contributed by atoms with E-state index in [1.807, 2.05) is 0 Å². The summed E-state index contributed by atoms with van der Waals surface area (Å²) in [5, 5.41) is 17.9. The van der Waals surface area contributed by atoms with Crippen LogP contribution in [0.25, 0.3) is 0 Å². The van der Waals surface area contributed by atoms with Crippen LogP contribution < -0.4 is 0 Å². The molecule has 80 valence electrons. The maximum absolute atomic E-state index is 8.96. The summed E-state index contributed by atoms with van der Waals surface area (Å²) < 4.78 is 0.862. The third-order valence-electron chi connectivity index (χ3n) is 2.81. The predicted octanol–water partition coefficient (Wildman–Crippen LogP) is 0.608. The van der Waals surface area contributed by atoms with Crippen molar-refractivity contribution >= 4 is 0 Å². The van der Waals surface area contributed by atoms with E-state index in [1.54, 1.807) is 0 Å². The van der Waals surface area contributed by atoms with E-state index in [0.717, 1.165) is 30.7 Å². The normalized spacial score (nSPS) is 12.0. The molecule has 0 bridgehead atoms. The fourth-order valence-electron chi connectivity index (χ4n) is 1.73. The highest BCUT2D eigenvalue weighted by atomic mass is 16.3. The van der Waals surface area contributed by atoms with Crippen LogP contribution in [0, 0.1) is 0 Å². The van der Waals surface area contributed by atoms with E-state index >= 15 is 0 Å². The topological polar surface area (TPSA) is 40.5 Å². The number of likely N-dealkylation sites (N-methyl/N-ethyl adjacent to an activating group) is 1. The Labute approximate surface area is 81.6 Å². The molecule has 3 nitrogen and oxygen atoms in total. The molecule has 0 aromatic rings. The minimum Gasteiger partial charge on any atom is -0.391 e. The Kier molecular flexibility index (Phi) is 7.23. The highest BCUT2D eigenvalue weighted by Crippen LogP contribution is 2.08. The molecule has 0 radical (unpaired) electrons. The van der Waals surface area contributed by atoms with E-state index in [4.69, 9.17) is 10.2 Å². The molecule has 13 heavy (non-hydrogen) atoms. The van der Waals surface area contributed by atoms with Gasteiger partial charge in [-0.15, -0.1) is 0 Å². The Morgan fingerprint density at radius 2 is 1.46 bits per heavy atom. The molecule has 0 spiro atoms. The van der Waals surface area contributed by atoms with Crippen LogP contribution in [-0.2, 0) is 0 Å². The summed E-state index contributed by atoms with van der Waals surface area (Å²) in [5.41, 5.74) is 0. The maximum atomic E-state index is 8.96. The molecule has 0 rings (SSSR count). The predicted molar refractivity (Wildman–Crippen MR) is 54.5 cm³/mol. The number of quaternary nitrogens is 1. The number of hydrogen-bond donors (Lipinski definition) is 2. The quantitative estimate of drug-likeness (QED) is 0.551. The fraction of sp³-hybridized carbons (Fsp3) is 1.00. The number of aliphatic hydroxyl groups is 2. The van der Waals surface area contributed by atoms with Crippen molar-refractivity contribution in [3.63, 3.8) is 0 Å². The first kappa shape index (κ1) is 12.9. The first-order valence-electron chi connectivity index (χ1n) is 5.31. The Balaban J connectivity index is 4.07. The van der Waals surface area contributed by atoms with Gasteiger partial charge in [0.1, 0.15) is 13.1 Å². The highest BCUT2D eigenvalue weighted by molar-refractivity contribution is 4.43. The van der Waals surface area contributed by atoms with Crippen LogP contribution in [0.5, 0.6) is 0 Å². The van der Waals surface area contributed by atoms with Crippen LogP contribution in [0.4, 0.5) is 0 Å². The lowest BCUT2D eigenvalue weighted by Crippen LogP contribution is -2.52. The zero-order chi connectivity index (χ0) is 10.2. The van der Waals surface area contributed by atoms with E-state index in [2.05, 4.69) is 13.8 Å². The summed E-state index contributed by atoms with van der Waals surface area (Å²) in [4.78, 5) is 0. The summed E-state index contributed by atoms with van der Waals surface area (Å²) in [6.07, 6.45) is 2.35. The van der Waals surface area contributed by atoms with Crippen LogP contribution in [0.2, 0.25) is 0 Å².